The lowest BCUT2D eigenvalue weighted by Crippen LogP contribution is -2.35. The Bertz CT molecular complexity index is 454. The molecular formula is C10H9ClF4N2S. The number of hydrogen-bond donors (Lipinski definition) is 2. The molecule has 1 rings (SSSR count). The quantitative estimate of drug-likeness (QED) is 0.647. The number of thiocarbonyl (C=S) groups is 1. The van der Waals surface area contributed by atoms with Crippen molar-refractivity contribution in [3.8, 4) is 0 Å². The average molecular weight is 301 g/mol. The molecule has 0 aliphatic rings. The summed E-state index contributed by atoms with van der Waals surface area (Å²) in [6.45, 7) is -1.22. The molecule has 0 saturated heterocycles. The molecule has 0 bridgehead atoms. The van der Waals surface area contributed by atoms with Crippen LogP contribution in [0.5, 0.6) is 0 Å². The van der Waals surface area contributed by atoms with Crippen LogP contribution < -0.4 is 11.1 Å². The lowest BCUT2D eigenvalue weighted by Gasteiger charge is -2.18. The van der Waals surface area contributed by atoms with Crippen LogP contribution in [0.2, 0.25) is 5.02 Å². The van der Waals surface area contributed by atoms with Crippen LogP contribution >= 0.6 is 23.8 Å². The first kappa shape index (κ1) is 15.0. The van der Waals surface area contributed by atoms with Crippen molar-refractivity contribution in [3.05, 3.63) is 28.8 Å². The Morgan fingerprint density at radius 3 is 2.56 bits per heavy atom. The van der Waals surface area contributed by atoms with E-state index in [1.54, 1.807) is 0 Å². The molecule has 0 atom stereocenters. The van der Waals surface area contributed by atoms with Gasteiger partial charge >= 0.3 is 12.3 Å². The zero-order valence-corrected chi connectivity index (χ0v) is 10.5. The second-order valence-electron chi connectivity index (χ2n) is 3.47. The maximum absolute atomic E-state index is 12.7. The first-order valence-electron chi connectivity index (χ1n) is 4.73. The smallest absolute Gasteiger partial charge is 0.324 e. The molecule has 0 unspecified atom stereocenters. The Balaban J connectivity index is 2.89. The summed E-state index contributed by atoms with van der Waals surface area (Å²) in [7, 11) is 0. The third-order valence-corrected chi connectivity index (χ3v) is 2.54. The van der Waals surface area contributed by atoms with Gasteiger partial charge in [0.1, 0.15) is 4.99 Å². The monoisotopic (exact) mass is 300 g/mol. The standard InChI is InChI=1S/C10H9ClF4N2S/c11-5-1-2-7(6(3-5)8(16)18)17-4-10(14,15)9(12)13/h1-3,9,17H,4H2,(H2,16,18). The predicted octanol–water partition coefficient (Wildman–Crippen LogP) is 3.29. The van der Waals surface area contributed by atoms with Gasteiger partial charge in [-0.05, 0) is 18.2 Å². The maximum Gasteiger partial charge on any atom is 0.324 e. The van der Waals surface area contributed by atoms with Crippen LogP contribution in [0.1, 0.15) is 5.56 Å². The summed E-state index contributed by atoms with van der Waals surface area (Å²) in [5.74, 6) is -4.13. The van der Waals surface area contributed by atoms with Crippen LogP contribution in [-0.4, -0.2) is 23.9 Å². The van der Waals surface area contributed by atoms with Crippen molar-refractivity contribution >= 4 is 34.5 Å². The number of hydrogen-bond acceptors (Lipinski definition) is 2. The van der Waals surface area contributed by atoms with E-state index in [0.29, 0.717) is 5.02 Å². The van der Waals surface area contributed by atoms with Crippen molar-refractivity contribution in [2.75, 3.05) is 11.9 Å². The topological polar surface area (TPSA) is 38.0 Å². The Kier molecular flexibility index (Phi) is 4.75. The van der Waals surface area contributed by atoms with E-state index < -0.39 is 18.9 Å². The highest BCUT2D eigenvalue weighted by molar-refractivity contribution is 7.80. The molecule has 0 amide bonds. The van der Waals surface area contributed by atoms with Crippen molar-refractivity contribution in [2.24, 2.45) is 5.73 Å². The minimum absolute atomic E-state index is 0.0691. The fourth-order valence-corrected chi connectivity index (χ4v) is 1.51. The highest BCUT2D eigenvalue weighted by Gasteiger charge is 2.40. The third kappa shape index (κ3) is 3.71. The highest BCUT2D eigenvalue weighted by Crippen LogP contribution is 2.25. The second kappa shape index (κ2) is 5.71. The van der Waals surface area contributed by atoms with Crippen LogP contribution in [0.25, 0.3) is 0 Å². The first-order chi connectivity index (χ1) is 8.24. The molecule has 0 heterocycles. The summed E-state index contributed by atoms with van der Waals surface area (Å²) in [5.41, 5.74) is 5.74. The molecule has 0 radical (unpaired) electrons. The van der Waals surface area contributed by atoms with Crippen molar-refractivity contribution in [3.63, 3.8) is 0 Å². The van der Waals surface area contributed by atoms with Gasteiger partial charge in [0.25, 0.3) is 0 Å². The Morgan fingerprint density at radius 1 is 1.44 bits per heavy atom. The van der Waals surface area contributed by atoms with E-state index in [1.807, 2.05) is 0 Å². The largest absolute Gasteiger partial charge is 0.389 e. The molecule has 0 saturated carbocycles. The highest BCUT2D eigenvalue weighted by atomic mass is 35.5. The van der Waals surface area contributed by atoms with Gasteiger partial charge < -0.3 is 11.1 Å². The number of alkyl halides is 4. The SMILES string of the molecule is NC(=S)c1cc(Cl)ccc1NCC(F)(F)C(F)F. The summed E-state index contributed by atoms with van der Waals surface area (Å²) >= 11 is 10.4. The van der Waals surface area contributed by atoms with Crippen LogP contribution in [0.4, 0.5) is 23.2 Å². The Hall–Kier alpha value is -1.08. The van der Waals surface area contributed by atoms with E-state index in [4.69, 9.17) is 29.6 Å². The number of nitrogens with one attached hydrogen (secondary N) is 1. The minimum Gasteiger partial charge on any atom is -0.389 e. The third-order valence-electron chi connectivity index (χ3n) is 2.08. The molecule has 0 spiro atoms. The van der Waals surface area contributed by atoms with Gasteiger partial charge in [-0.3, -0.25) is 0 Å². The van der Waals surface area contributed by atoms with Crippen molar-refractivity contribution in [2.45, 2.75) is 12.3 Å². The summed E-state index contributed by atoms with van der Waals surface area (Å²) in [6, 6.07) is 4.12. The van der Waals surface area contributed by atoms with Crippen LogP contribution in [0.3, 0.4) is 0 Å². The lowest BCUT2D eigenvalue weighted by molar-refractivity contribution is -0.117. The molecule has 8 heteroatoms. The molecule has 100 valence electrons. The number of anilines is 1. The second-order valence-corrected chi connectivity index (χ2v) is 4.35. The zero-order chi connectivity index (χ0) is 13.9. The van der Waals surface area contributed by atoms with E-state index in [0.717, 1.165) is 0 Å². The van der Waals surface area contributed by atoms with Crippen molar-refractivity contribution in [1.82, 2.24) is 0 Å². The molecule has 3 N–H and O–H groups in total. The predicted molar refractivity (Wildman–Crippen MR) is 66.8 cm³/mol. The van der Waals surface area contributed by atoms with Crippen LogP contribution in [0, 0.1) is 0 Å². The molecule has 2 nitrogen and oxygen atoms in total. The molecule has 0 fully saturated rings. The molecular weight excluding hydrogens is 292 g/mol. The van der Waals surface area contributed by atoms with E-state index in [1.165, 1.54) is 18.2 Å². The van der Waals surface area contributed by atoms with Gasteiger partial charge in [-0.2, -0.15) is 8.78 Å². The van der Waals surface area contributed by atoms with Gasteiger partial charge in [-0.25, -0.2) is 8.78 Å². The summed E-state index contributed by atoms with van der Waals surface area (Å²) < 4.78 is 49.4. The fourth-order valence-electron chi connectivity index (χ4n) is 1.16. The van der Waals surface area contributed by atoms with E-state index >= 15 is 0 Å². The molecule has 1 aromatic carbocycles. The van der Waals surface area contributed by atoms with Crippen LogP contribution in [-0.2, 0) is 0 Å². The van der Waals surface area contributed by atoms with Crippen LogP contribution in [0.15, 0.2) is 18.2 Å². The van der Waals surface area contributed by atoms with Crippen molar-refractivity contribution in [1.29, 1.82) is 0 Å². The number of halogens is 5. The zero-order valence-electron chi connectivity index (χ0n) is 8.89. The summed E-state index contributed by atoms with van der Waals surface area (Å²) in [5, 5.41) is 2.50. The molecule has 0 aliphatic carbocycles. The van der Waals surface area contributed by atoms with Gasteiger partial charge in [-0.1, -0.05) is 23.8 Å². The van der Waals surface area contributed by atoms with Gasteiger partial charge in [-0.15, -0.1) is 0 Å². The summed E-state index contributed by atoms with van der Waals surface area (Å²) in [4.78, 5) is -0.0691. The molecule has 0 aromatic heterocycles. The van der Waals surface area contributed by atoms with E-state index in [2.05, 4.69) is 5.32 Å². The fraction of sp³-hybridized carbons (Fsp3) is 0.300. The van der Waals surface area contributed by atoms with Gasteiger partial charge in [0.05, 0.1) is 6.54 Å². The molecule has 0 aliphatic heterocycles. The molecule has 18 heavy (non-hydrogen) atoms. The van der Waals surface area contributed by atoms with Crippen molar-refractivity contribution < 1.29 is 17.6 Å². The Labute approximate surface area is 111 Å². The van der Waals surface area contributed by atoms with Gasteiger partial charge in [0, 0.05) is 16.3 Å². The van der Waals surface area contributed by atoms with E-state index in [9.17, 15) is 17.6 Å². The van der Waals surface area contributed by atoms with E-state index in [-0.39, 0.29) is 16.2 Å². The van der Waals surface area contributed by atoms with Gasteiger partial charge in [0.2, 0.25) is 0 Å². The lowest BCUT2D eigenvalue weighted by atomic mass is 10.1. The van der Waals surface area contributed by atoms with Gasteiger partial charge in [0.15, 0.2) is 0 Å². The maximum atomic E-state index is 12.7. The summed E-state index contributed by atoms with van der Waals surface area (Å²) in [6.07, 6.45) is -3.74. The number of benzene rings is 1. The Morgan fingerprint density at radius 2 is 2.06 bits per heavy atom. The number of rotatable bonds is 5. The minimum atomic E-state index is -4.13. The first-order valence-corrected chi connectivity index (χ1v) is 5.52. The normalized spacial score (nSPS) is 11.7. The number of nitrogens with two attached hydrogens (primary N) is 1. The molecule has 1 aromatic rings. The average Bonchev–Trinajstić information content (AvgIpc) is 2.27.